The third kappa shape index (κ3) is 6.15. The first-order valence-electron chi connectivity index (χ1n) is 12.1. The minimum absolute atomic E-state index is 0.123. The lowest BCUT2D eigenvalue weighted by Crippen LogP contribution is -2.47. The summed E-state index contributed by atoms with van der Waals surface area (Å²) in [5.74, 6) is -0.123. The molecule has 0 aliphatic carbocycles. The molecule has 5 nitrogen and oxygen atoms in total. The number of hydrogen-bond acceptors (Lipinski definition) is 3. The van der Waals surface area contributed by atoms with E-state index in [1.807, 2.05) is 59.2 Å². The van der Waals surface area contributed by atoms with E-state index >= 15 is 0 Å². The molecule has 1 aromatic heterocycles. The molecule has 0 bridgehead atoms. The molecule has 0 radical (unpaired) electrons. The van der Waals surface area contributed by atoms with Gasteiger partial charge in [-0.05, 0) is 43.1 Å². The molecule has 1 saturated heterocycles. The van der Waals surface area contributed by atoms with Crippen LogP contribution < -0.4 is 10.2 Å². The number of aromatic nitrogens is 1. The Labute approximate surface area is 222 Å². The summed E-state index contributed by atoms with van der Waals surface area (Å²) in [5, 5.41) is 4.76. The first kappa shape index (κ1) is 25.9. The maximum atomic E-state index is 12.9. The van der Waals surface area contributed by atoms with Gasteiger partial charge in [0.15, 0.2) is 0 Å². The van der Waals surface area contributed by atoms with Crippen LogP contribution >= 0.6 is 34.8 Å². The number of benzene rings is 2. The zero-order chi connectivity index (χ0) is 24.8. The maximum absolute atomic E-state index is 12.9. The largest absolute Gasteiger partial charge is 0.368 e. The molecule has 0 saturated carbocycles. The van der Waals surface area contributed by atoms with E-state index in [1.54, 1.807) is 0 Å². The molecular formula is C27H31Cl3N4O. The summed E-state index contributed by atoms with van der Waals surface area (Å²) < 4.78 is 2.03. The van der Waals surface area contributed by atoms with Crippen molar-refractivity contribution in [1.82, 2.24) is 14.8 Å². The van der Waals surface area contributed by atoms with E-state index in [0.29, 0.717) is 27.3 Å². The van der Waals surface area contributed by atoms with Crippen LogP contribution in [0.5, 0.6) is 0 Å². The molecule has 3 aromatic rings. The number of rotatable bonds is 9. The molecule has 186 valence electrons. The Kier molecular flexibility index (Phi) is 9.01. The Bertz CT molecular complexity index is 1140. The summed E-state index contributed by atoms with van der Waals surface area (Å²) in [7, 11) is 0. The zero-order valence-corrected chi connectivity index (χ0v) is 22.2. The lowest BCUT2D eigenvalue weighted by Gasteiger charge is -2.36. The second-order valence-corrected chi connectivity index (χ2v) is 9.91. The molecule has 35 heavy (non-hydrogen) atoms. The van der Waals surface area contributed by atoms with Crippen molar-refractivity contribution in [2.75, 3.05) is 44.2 Å². The summed E-state index contributed by atoms with van der Waals surface area (Å²) >= 11 is 19.2. The molecule has 0 atom stereocenters. The quantitative estimate of drug-likeness (QED) is 0.321. The average molecular weight is 534 g/mol. The van der Waals surface area contributed by atoms with E-state index in [4.69, 9.17) is 34.8 Å². The van der Waals surface area contributed by atoms with E-state index in [2.05, 4.69) is 22.0 Å². The molecule has 1 fully saturated rings. The van der Waals surface area contributed by atoms with Crippen LogP contribution in [0.4, 0.5) is 5.69 Å². The van der Waals surface area contributed by atoms with Crippen molar-refractivity contribution >= 4 is 46.4 Å². The predicted molar refractivity (Wildman–Crippen MR) is 147 cm³/mol. The smallest absolute Gasteiger partial charge is 0.254 e. The van der Waals surface area contributed by atoms with Gasteiger partial charge in [-0.15, -0.1) is 0 Å². The van der Waals surface area contributed by atoms with Gasteiger partial charge in [-0.25, -0.2) is 0 Å². The van der Waals surface area contributed by atoms with Crippen LogP contribution in [0.2, 0.25) is 15.2 Å². The lowest BCUT2D eigenvalue weighted by atomic mass is 10.1. The number of piperazine rings is 1. The molecule has 2 aromatic carbocycles. The molecule has 8 heteroatoms. The van der Waals surface area contributed by atoms with Gasteiger partial charge in [-0.3, -0.25) is 9.69 Å². The average Bonchev–Trinajstić information content (AvgIpc) is 3.21. The summed E-state index contributed by atoms with van der Waals surface area (Å²) in [6.07, 6.45) is 1.81. The van der Waals surface area contributed by atoms with Crippen LogP contribution in [0.25, 0.3) is 11.3 Å². The second-order valence-electron chi connectivity index (χ2n) is 8.76. The lowest BCUT2D eigenvalue weighted by molar-refractivity contribution is 0.0951. The van der Waals surface area contributed by atoms with E-state index in [-0.39, 0.29) is 5.91 Å². The number of carbonyl (C=O) groups excluding carboxylic acids is 1. The normalized spacial score (nSPS) is 14.3. The van der Waals surface area contributed by atoms with Crippen molar-refractivity contribution in [3.8, 4) is 11.3 Å². The van der Waals surface area contributed by atoms with Crippen LogP contribution in [0.1, 0.15) is 30.1 Å². The van der Waals surface area contributed by atoms with Crippen molar-refractivity contribution in [2.24, 2.45) is 0 Å². The van der Waals surface area contributed by atoms with E-state index < -0.39 is 0 Å². The van der Waals surface area contributed by atoms with Gasteiger partial charge in [0.25, 0.3) is 5.91 Å². The van der Waals surface area contributed by atoms with Crippen LogP contribution in [-0.2, 0) is 6.54 Å². The Hall–Kier alpha value is -2.18. The number of halogens is 3. The van der Waals surface area contributed by atoms with Gasteiger partial charge in [-0.1, -0.05) is 78.1 Å². The third-order valence-electron chi connectivity index (χ3n) is 6.37. The fraction of sp³-hybridized carbons (Fsp3) is 0.370. The molecular weight excluding hydrogens is 503 g/mol. The Balaban J connectivity index is 1.27. The number of nitrogens with one attached hydrogen (secondary N) is 1. The van der Waals surface area contributed by atoms with Crippen LogP contribution in [-0.4, -0.2) is 54.6 Å². The monoisotopic (exact) mass is 532 g/mol. The summed E-state index contributed by atoms with van der Waals surface area (Å²) in [6.45, 7) is 8.10. The molecule has 1 N–H and O–H groups in total. The molecule has 1 amide bonds. The van der Waals surface area contributed by atoms with Crippen LogP contribution in [0.3, 0.4) is 0 Å². The summed E-state index contributed by atoms with van der Waals surface area (Å²) in [5.41, 5.74) is 3.55. The maximum Gasteiger partial charge on any atom is 0.254 e. The number of nitrogens with zero attached hydrogens (tertiary/aromatic N) is 3. The molecule has 1 aliphatic heterocycles. The minimum Gasteiger partial charge on any atom is -0.368 e. The van der Waals surface area contributed by atoms with Crippen LogP contribution in [0, 0.1) is 0 Å². The highest BCUT2D eigenvalue weighted by Crippen LogP contribution is 2.33. The standard InChI is InChI=1S/C27H31Cl3N4O/c1-2-13-34-24(20-8-4-3-5-9-20)19-21(26(34)30)27(35)31-12-7-14-32-15-17-33(18-16-32)23-11-6-10-22(28)25(23)29/h3-6,8-11,19H,2,7,12-18H2,1H3,(H,31,35). The Morgan fingerprint density at radius 2 is 1.69 bits per heavy atom. The third-order valence-corrected chi connectivity index (χ3v) is 7.59. The van der Waals surface area contributed by atoms with Gasteiger partial charge < -0.3 is 14.8 Å². The first-order chi connectivity index (χ1) is 17.0. The predicted octanol–water partition coefficient (Wildman–Crippen LogP) is 6.47. The van der Waals surface area contributed by atoms with Gasteiger partial charge in [0.05, 0.1) is 21.3 Å². The van der Waals surface area contributed by atoms with Gasteiger partial charge in [0.2, 0.25) is 0 Å². The fourth-order valence-electron chi connectivity index (χ4n) is 4.52. The number of amides is 1. The SMILES string of the molecule is CCCn1c(-c2ccccc2)cc(C(=O)NCCCN2CCN(c3cccc(Cl)c3Cl)CC2)c1Cl. The molecule has 2 heterocycles. The van der Waals surface area contributed by atoms with Gasteiger partial charge in [0.1, 0.15) is 5.15 Å². The number of carbonyl (C=O) groups is 1. The van der Waals surface area contributed by atoms with Crippen molar-refractivity contribution in [2.45, 2.75) is 26.3 Å². The van der Waals surface area contributed by atoms with Crippen molar-refractivity contribution in [3.63, 3.8) is 0 Å². The number of hydrogen-bond donors (Lipinski definition) is 1. The highest BCUT2D eigenvalue weighted by molar-refractivity contribution is 6.43. The first-order valence-corrected chi connectivity index (χ1v) is 13.3. The minimum atomic E-state index is -0.123. The zero-order valence-electron chi connectivity index (χ0n) is 19.9. The van der Waals surface area contributed by atoms with Gasteiger partial charge in [-0.2, -0.15) is 0 Å². The van der Waals surface area contributed by atoms with E-state index in [9.17, 15) is 4.79 Å². The highest BCUT2D eigenvalue weighted by atomic mass is 35.5. The Morgan fingerprint density at radius 1 is 0.943 bits per heavy atom. The molecule has 1 aliphatic rings. The summed E-state index contributed by atoms with van der Waals surface area (Å²) in [4.78, 5) is 17.6. The van der Waals surface area contributed by atoms with Crippen molar-refractivity contribution in [3.05, 3.63) is 75.4 Å². The fourth-order valence-corrected chi connectivity index (χ4v) is 5.25. The second kappa shape index (κ2) is 12.2. The molecule has 0 unspecified atom stereocenters. The van der Waals surface area contributed by atoms with Gasteiger partial charge >= 0.3 is 0 Å². The van der Waals surface area contributed by atoms with Crippen LogP contribution in [0.15, 0.2) is 54.6 Å². The summed E-state index contributed by atoms with van der Waals surface area (Å²) in [6, 6.07) is 17.7. The topological polar surface area (TPSA) is 40.5 Å². The molecule has 4 rings (SSSR count). The van der Waals surface area contributed by atoms with Crippen molar-refractivity contribution in [1.29, 1.82) is 0 Å². The van der Waals surface area contributed by atoms with E-state index in [1.165, 1.54) is 0 Å². The molecule has 0 spiro atoms. The van der Waals surface area contributed by atoms with Gasteiger partial charge in [0, 0.05) is 45.0 Å². The highest BCUT2D eigenvalue weighted by Gasteiger charge is 2.21. The van der Waals surface area contributed by atoms with E-state index in [0.717, 1.165) is 69.1 Å². The Morgan fingerprint density at radius 3 is 2.40 bits per heavy atom. The number of anilines is 1. The van der Waals surface area contributed by atoms with Crippen molar-refractivity contribution < 1.29 is 4.79 Å².